The third kappa shape index (κ3) is 2.72. The Labute approximate surface area is 67.7 Å². The van der Waals surface area contributed by atoms with Gasteiger partial charge in [0.15, 0.2) is 0 Å². The second kappa shape index (κ2) is 3.40. The number of rotatable bonds is 2. The largest absolute Gasteiger partial charge is 0.391 e. The highest BCUT2D eigenvalue weighted by molar-refractivity contribution is 6.22. The monoisotopic (exact) mass is 162 g/mol. The van der Waals surface area contributed by atoms with Crippen molar-refractivity contribution in [2.24, 2.45) is 5.41 Å². The van der Waals surface area contributed by atoms with Gasteiger partial charge in [-0.25, -0.2) is 0 Å². The molecule has 0 heterocycles. The van der Waals surface area contributed by atoms with Crippen LogP contribution in [-0.2, 0) is 0 Å². The molecule has 0 aliphatic carbocycles. The zero-order valence-electron chi connectivity index (χ0n) is 6.76. The first-order chi connectivity index (χ1) is 4.39. The van der Waals surface area contributed by atoms with Crippen LogP contribution >= 0.6 is 11.6 Å². The summed E-state index contributed by atoms with van der Waals surface area (Å²) >= 11 is 5.73. The average molecular weight is 163 g/mol. The second-order valence-corrected chi connectivity index (χ2v) is 3.99. The van der Waals surface area contributed by atoms with Gasteiger partial charge in [-0.15, -0.1) is 18.2 Å². The molecule has 0 fully saturated rings. The molecule has 0 spiro atoms. The average Bonchev–Trinajstić information content (AvgIpc) is 1.83. The van der Waals surface area contributed by atoms with Gasteiger partial charge < -0.3 is 5.11 Å². The Kier molecular flexibility index (Phi) is 3.40. The van der Waals surface area contributed by atoms with Crippen LogP contribution in [0.1, 0.15) is 20.8 Å². The molecule has 0 aromatic rings. The lowest BCUT2D eigenvalue weighted by Gasteiger charge is -2.27. The molecule has 2 atom stereocenters. The molecule has 1 N–H and O–H groups in total. The fraction of sp³-hybridized carbons (Fsp3) is 0.750. The first-order valence-electron chi connectivity index (χ1n) is 3.34. The molecule has 10 heavy (non-hydrogen) atoms. The molecule has 0 amide bonds. The maximum Gasteiger partial charge on any atom is 0.0787 e. The zero-order valence-corrected chi connectivity index (χ0v) is 7.52. The summed E-state index contributed by atoms with van der Waals surface area (Å²) in [5, 5.41) is 9.10. The van der Waals surface area contributed by atoms with E-state index in [4.69, 9.17) is 11.6 Å². The fourth-order valence-electron chi connectivity index (χ4n) is 0.607. The van der Waals surface area contributed by atoms with E-state index in [1.165, 1.54) is 0 Å². The Balaban J connectivity index is 4.07. The van der Waals surface area contributed by atoms with E-state index >= 15 is 0 Å². The molecule has 0 aromatic heterocycles. The predicted octanol–water partition coefficient (Wildman–Crippen LogP) is 2.19. The lowest BCUT2D eigenvalue weighted by molar-refractivity contribution is 0.0688. The first kappa shape index (κ1) is 9.99. The number of halogens is 1. The first-order valence-corrected chi connectivity index (χ1v) is 3.78. The minimum atomic E-state index is -0.522. The molecule has 0 radical (unpaired) electrons. The standard InChI is InChI=1S/C8H15ClO/c1-5-6(9)7(10)8(2,3)4/h5-7,10H,1H2,2-4H3/t6-,7+/m0/s1. The van der Waals surface area contributed by atoms with Gasteiger partial charge in [0.25, 0.3) is 0 Å². The van der Waals surface area contributed by atoms with Crippen molar-refractivity contribution in [3.63, 3.8) is 0 Å². The van der Waals surface area contributed by atoms with Gasteiger partial charge in [0.2, 0.25) is 0 Å². The van der Waals surface area contributed by atoms with Crippen LogP contribution in [0.2, 0.25) is 0 Å². The van der Waals surface area contributed by atoms with Crippen molar-refractivity contribution in [1.29, 1.82) is 0 Å². The summed E-state index contributed by atoms with van der Waals surface area (Å²) in [5.41, 5.74) is -0.166. The van der Waals surface area contributed by atoms with Gasteiger partial charge >= 0.3 is 0 Å². The Morgan fingerprint density at radius 3 is 2.00 bits per heavy atom. The molecule has 0 rings (SSSR count). The number of hydrogen-bond donors (Lipinski definition) is 1. The normalized spacial score (nSPS) is 18.1. The minimum Gasteiger partial charge on any atom is -0.391 e. The Hall–Kier alpha value is -0.0100. The minimum absolute atomic E-state index is 0.166. The third-order valence-corrected chi connectivity index (χ3v) is 1.83. The summed E-state index contributed by atoms with van der Waals surface area (Å²) in [7, 11) is 0. The second-order valence-electron chi connectivity index (χ2n) is 3.49. The molecule has 0 aliphatic heterocycles. The van der Waals surface area contributed by atoms with E-state index in [-0.39, 0.29) is 10.8 Å². The summed E-state index contributed by atoms with van der Waals surface area (Å²) in [4.78, 5) is 0. The van der Waals surface area contributed by atoms with E-state index in [2.05, 4.69) is 6.58 Å². The highest BCUT2D eigenvalue weighted by atomic mass is 35.5. The molecule has 0 aliphatic rings. The summed E-state index contributed by atoms with van der Waals surface area (Å²) in [6.45, 7) is 9.33. The third-order valence-electron chi connectivity index (χ3n) is 1.41. The number of alkyl halides is 1. The van der Waals surface area contributed by atoms with E-state index in [1.54, 1.807) is 6.08 Å². The van der Waals surface area contributed by atoms with Gasteiger partial charge in [-0.3, -0.25) is 0 Å². The van der Waals surface area contributed by atoms with Gasteiger partial charge in [-0.2, -0.15) is 0 Å². The lowest BCUT2D eigenvalue weighted by atomic mass is 9.87. The quantitative estimate of drug-likeness (QED) is 0.488. The highest BCUT2D eigenvalue weighted by Gasteiger charge is 2.26. The molecule has 60 valence electrons. The predicted molar refractivity (Wildman–Crippen MR) is 45.3 cm³/mol. The SMILES string of the molecule is C=C[C@H](Cl)[C@@H](O)C(C)(C)C. The lowest BCUT2D eigenvalue weighted by Crippen LogP contribution is -2.33. The van der Waals surface area contributed by atoms with E-state index in [1.807, 2.05) is 20.8 Å². The van der Waals surface area contributed by atoms with Crippen LogP contribution in [0.5, 0.6) is 0 Å². The summed E-state index contributed by atoms with van der Waals surface area (Å²) in [6, 6.07) is 0. The summed E-state index contributed by atoms with van der Waals surface area (Å²) in [5.74, 6) is 0. The zero-order chi connectivity index (χ0) is 8.36. The van der Waals surface area contributed by atoms with Gasteiger partial charge in [-0.1, -0.05) is 26.8 Å². The van der Waals surface area contributed by atoms with Crippen LogP contribution in [0.4, 0.5) is 0 Å². The van der Waals surface area contributed by atoms with Crippen LogP contribution in [0, 0.1) is 5.41 Å². The van der Waals surface area contributed by atoms with E-state index in [0.717, 1.165) is 0 Å². The Morgan fingerprint density at radius 1 is 1.50 bits per heavy atom. The molecule has 0 bridgehead atoms. The van der Waals surface area contributed by atoms with Crippen LogP contribution in [-0.4, -0.2) is 16.6 Å². The van der Waals surface area contributed by atoms with Crippen molar-refractivity contribution in [3.8, 4) is 0 Å². The molecule has 0 saturated carbocycles. The molecule has 0 saturated heterocycles. The smallest absolute Gasteiger partial charge is 0.0787 e. The van der Waals surface area contributed by atoms with Gasteiger partial charge in [-0.05, 0) is 5.41 Å². The molecule has 0 aromatic carbocycles. The van der Waals surface area contributed by atoms with E-state index < -0.39 is 6.10 Å². The van der Waals surface area contributed by atoms with Crippen LogP contribution in [0.3, 0.4) is 0 Å². The maximum absolute atomic E-state index is 9.45. The van der Waals surface area contributed by atoms with Crippen molar-refractivity contribution in [2.45, 2.75) is 32.3 Å². The Morgan fingerprint density at radius 2 is 1.90 bits per heavy atom. The summed E-state index contributed by atoms with van der Waals surface area (Å²) < 4.78 is 0. The Bertz CT molecular complexity index is 115. The van der Waals surface area contributed by atoms with Crippen LogP contribution in [0.15, 0.2) is 12.7 Å². The molecular weight excluding hydrogens is 148 g/mol. The highest BCUT2D eigenvalue weighted by Crippen LogP contribution is 2.24. The summed E-state index contributed by atoms with van der Waals surface area (Å²) in [6.07, 6.45) is 1.03. The molecular formula is C8H15ClO. The fourth-order valence-corrected chi connectivity index (χ4v) is 0.985. The van der Waals surface area contributed by atoms with Crippen LogP contribution in [0.25, 0.3) is 0 Å². The topological polar surface area (TPSA) is 20.2 Å². The number of aliphatic hydroxyl groups excluding tert-OH is 1. The van der Waals surface area contributed by atoms with E-state index in [9.17, 15) is 5.11 Å². The van der Waals surface area contributed by atoms with Crippen LogP contribution < -0.4 is 0 Å². The van der Waals surface area contributed by atoms with Crippen molar-refractivity contribution in [2.75, 3.05) is 0 Å². The van der Waals surface area contributed by atoms with Gasteiger partial charge in [0.1, 0.15) is 0 Å². The van der Waals surface area contributed by atoms with E-state index in [0.29, 0.717) is 0 Å². The number of hydrogen-bond acceptors (Lipinski definition) is 1. The maximum atomic E-state index is 9.45. The van der Waals surface area contributed by atoms with Crippen molar-refractivity contribution >= 4 is 11.6 Å². The number of aliphatic hydroxyl groups is 1. The van der Waals surface area contributed by atoms with Crippen molar-refractivity contribution < 1.29 is 5.11 Å². The molecule has 1 nitrogen and oxygen atoms in total. The molecule has 0 unspecified atom stereocenters. The van der Waals surface area contributed by atoms with Crippen molar-refractivity contribution in [3.05, 3.63) is 12.7 Å². The molecule has 2 heteroatoms. The van der Waals surface area contributed by atoms with Gasteiger partial charge in [0.05, 0.1) is 11.5 Å². The van der Waals surface area contributed by atoms with Crippen molar-refractivity contribution in [1.82, 2.24) is 0 Å². The van der Waals surface area contributed by atoms with Gasteiger partial charge in [0, 0.05) is 0 Å².